The van der Waals surface area contributed by atoms with Crippen molar-refractivity contribution in [3.05, 3.63) is 48.2 Å². The predicted molar refractivity (Wildman–Crippen MR) is 98.6 cm³/mol. The number of anilines is 1. The Hall–Kier alpha value is -2.54. The molecule has 0 aliphatic rings. The van der Waals surface area contributed by atoms with E-state index < -0.39 is 0 Å². The summed E-state index contributed by atoms with van der Waals surface area (Å²) in [6, 6.07) is 11.5. The van der Waals surface area contributed by atoms with Crippen molar-refractivity contribution in [3.8, 4) is 11.6 Å². The summed E-state index contributed by atoms with van der Waals surface area (Å²) in [5.41, 5.74) is 2.01. The molecule has 0 fully saturated rings. The van der Waals surface area contributed by atoms with Gasteiger partial charge in [-0.05, 0) is 35.7 Å². The number of carbonyl (C=O) groups is 1. The van der Waals surface area contributed by atoms with Crippen LogP contribution >= 0.6 is 11.8 Å². The highest BCUT2D eigenvalue weighted by molar-refractivity contribution is 7.99. The number of thioether (sulfide) groups is 1. The maximum absolute atomic E-state index is 12.2. The van der Waals surface area contributed by atoms with E-state index in [1.165, 1.54) is 17.3 Å². The number of furan rings is 1. The van der Waals surface area contributed by atoms with Crippen LogP contribution in [0.4, 0.5) is 5.69 Å². The van der Waals surface area contributed by atoms with E-state index in [9.17, 15) is 4.79 Å². The molecule has 0 atom stereocenters. The number of aromatic nitrogens is 3. The lowest BCUT2D eigenvalue weighted by Gasteiger charge is -2.09. The van der Waals surface area contributed by atoms with E-state index in [-0.39, 0.29) is 11.7 Å². The summed E-state index contributed by atoms with van der Waals surface area (Å²) in [4.78, 5) is 12.2. The third-order valence-corrected chi connectivity index (χ3v) is 4.77. The Labute approximate surface area is 150 Å². The molecule has 7 heteroatoms. The molecule has 0 unspecified atom stereocenters. The zero-order valence-electron chi connectivity index (χ0n) is 14.4. The van der Waals surface area contributed by atoms with E-state index >= 15 is 0 Å². The Morgan fingerprint density at radius 3 is 2.84 bits per heavy atom. The van der Waals surface area contributed by atoms with Gasteiger partial charge >= 0.3 is 0 Å². The fourth-order valence-corrected chi connectivity index (χ4v) is 3.07. The second kappa shape index (κ2) is 7.57. The van der Waals surface area contributed by atoms with Gasteiger partial charge in [-0.1, -0.05) is 37.7 Å². The number of carbonyl (C=O) groups excluding carboxylic acids is 1. The van der Waals surface area contributed by atoms with Crippen LogP contribution in [0, 0.1) is 0 Å². The molecule has 0 saturated heterocycles. The maximum atomic E-state index is 12.2. The molecule has 3 rings (SSSR count). The van der Waals surface area contributed by atoms with E-state index in [2.05, 4.69) is 35.4 Å². The molecule has 0 aliphatic carbocycles. The maximum Gasteiger partial charge on any atom is 0.234 e. The van der Waals surface area contributed by atoms with Gasteiger partial charge in [-0.2, -0.15) is 0 Å². The Morgan fingerprint density at radius 2 is 2.12 bits per heavy atom. The molecule has 3 aromatic rings. The first-order valence-electron chi connectivity index (χ1n) is 8.00. The minimum atomic E-state index is -0.0755. The average Bonchev–Trinajstić information content (AvgIpc) is 3.23. The molecule has 1 amide bonds. The van der Waals surface area contributed by atoms with Gasteiger partial charge in [0, 0.05) is 12.7 Å². The Balaban J connectivity index is 1.60. The first-order chi connectivity index (χ1) is 12.0. The summed E-state index contributed by atoms with van der Waals surface area (Å²) in [5, 5.41) is 11.8. The lowest BCUT2D eigenvalue weighted by atomic mass is 10.0. The van der Waals surface area contributed by atoms with E-state index in [4.69, 9.17) is 4.42 Å². The third-order valence-electron chi connectivity index (χ3n) is 3.75. The van der Waals surface area contributed by atoms with Crippen molar-refractivity contribution in [2.75, 3.05) is 11.1 Å². The fraction of sp³-hybridized carbons (Fsp3) is 0.278. The number of rotatable bonds is 6. The predicted octanol–water partition coefficient (Wildman–Crippen LogP) is 3.93. The smallest absolute Gasteiger partial charge is 0.234 e. The van der Waals surface area contributed by atoms with Gasteiger partial charge in [-0.3, -0.25) is 4.79 Å². The Kier molecular flexibility index (Phi) is 5.23. The van der Waals surface area contributed by atoms with Crippen molar-refractivity contribution in [2.45, 2.75) is 24.9 Å². The van der Waals surface area contributed by atoms with Gasteiger partial charge in [0.05, 0.1) is 12.0 Å². The van der Waals surface area contributed by atoms with E-state index in [1.54, 1.807) is 12.3 Å². The van der Waals surface area contributed by atoms with Gasteiger partial charge in [-0.15, -0.1) is 10.2 Å². The van der Waals surface area contributed by atoms with Crippen molar-refractivity contribution >= 4 is 23.4 Å². The standard InChI is InChI=1S/C18H20N4O2S/c1-12(2)13-6-4-7-14(10-13)19-16(23)11-25-18-21-20-17(22(18)3)15-8-5-9-24-15/h4-10,12H,11H2,1-3H3,(H,19,23). The molecule has 1 N–H and O–H groups in total. The fourth-order valence-electron chi connectivity index (χ4n) is 2.36. The minimum Gasteiger partial charge on any atom is -0.461 e. The molecular formula is C18H20N4O2S. The average molecular weight is 356 g/mol. The molecular weight excluding hydrogens is 336 g/mol. The summed E-state index contributed by atoms with van der Waals surface area (Å²) in [7, 11) is 1.85. The van der Waals surface area contributed by atoms with Crippen LogP contribution in [0.15, 0.2) is 52.2 Å². The second-order valence-electron chi connectivity index (χ2n) is 5.96. The number of amides is 1. The van der Waals surface area contributed by atoms with Crippen molar-refractivity contribution < 1.29 is 9.21 Å². The van der Waals surface area contributed by atoms with Crippen molar-refractivity contribution in [2.24, 2.45) is 7.05 Å². The third kappa shape index (κ3) is 4.11. The normalized spacial score (nSPS) is 11.0. The molecule has 0 bridgehead atoms. The molecule has 1 aromatic carbocycles. The van der Waals surface area contributed by atoms with Gasteiger partial charge in [0.15, 0.2) is 16.7 Å². The van der Waals surface area contributed by atoms with Crippen molar-refractivity contribution in [3.63, 3.8) is 0 Å². The van der Waals surface area contributed by atoms with Gasteiger partial charge in [0.2, 0.25) is 5.91 Å². The number of nitrogens with one attached hydrogen (secondary N) is 1. The van der Waals surface area contributed by atoms with Gasteiger partial charge < -0.3 is 14.3 Å². The largest absolute Gasteiger partial charge is 0.461 e. The van der Waals surface area contributed by atoms with Crippen LogP contribution in [0.25, 0.3) is 11.6 Å². The molecule has 130 valence electrons. The zero-order valence-corrected chi connectivity index (χ0v) is 15.2. The topological polar surface area (TPSA) is 73.0 Å². The van der Waals surface area contributed by atoms with Gasteiger partial charge in [0.1, 0.15) is 0 Å². The second-order valence-corrected chi connectivity index (χ2v) is 6.90. The lowest BCUT2D eigenvalue weighted by molar-refractivity contribution is -0.113. The molecule has 0 saturated carbocycles. The monoisotopic (exact) mass is 356 g/mol. The number of nitrogens with zero attached hydrogens (tertiary/aromatic N) is 3. The Bertz CT molecular complexity index is 856. The van der Waals surface area contributed by atoms with E-state index in [0.29, 0.717) is 22.7 Å². The molecule has 2 aromatic heterocycles. The van der Waals surface area contributed by atoms with Crippen LogP contribution in [-0.4, -0.2) is 26.4 Å². The summed E-state index contributed by atoms with van der Waals surface area (Å²) in [5.74, 6) is 1.89. The molecule has 6 nitrogen and oxygen atoms in total. The highest BCUT2D eigenvalue weighted by Gasteiger charge is 2.14. The van der Waals surface area contributed by atoms with Crippen molar-refractivity contribution in [1.82, 2.24) is 14.8 Å². The zero-order chi connectivity index (χ0) is 17.8. The first-order valence-corrected chi connectivity index (χ1v) is 8.99. The van der Waals surface area contributed by atoms with Crippen molar-refractivity contribution in [1.29, 1.82) is 0 Å². The van der Waals surface area contributed by atoms with E-state index in [1.807, 2.05) is 35.9 Å². The quantitative estimate of drug-likeness (QED) is 0.678. The highest BCUT2D eigenvalue weighted by Crippen LogP contribution is 2.23. The Morgan fingerprint density at radius 1 is 1.28 bits per heavy atom. The van der Waals surface area contributed by atoms with Crippen LogP contribution in [-0.2, 0) is 11.8 Å². The summed E-state index contributed by atoms with van der Waals surface area (Å²) in [6.45, 7) is 4.25. The highest BCUT2D eigenvalue weighted by atomic mass is 32.2. The molecule has 2 heterocycles. The van der Waals surface area contributed by atoms with Crippen LogP contribution in [0.3, 0.4) is 0 Å². The number of hydrogen-bond donors (Lipinski definition) is 1. The minimum absolute atomic E-state index is 0.0755. The number of benzene rings is 1. The number of hydrogen-bond acceptors (Lipinski definition) is 5. The molecule has 0 aliphatic heterocycles. The van der Waals surface area contributed by atoms with Crippen LogP contribution < -0.4 is 5.32 Å². The lowest BCUT2D eigenvalue weighted by Crippen LogP contribution is -2.14. The SMILES string of the molecule is CC(C)c1cccc(NC(=O)CSc2nnc(-c3ccco3)n2C)c1. The summed E-state index contributed by atoms with van der Waals surface area (Å²) >= 11 is 1.34. The summed E-state index contributed by atoms with van der Waals surface area (Å²) in [6.07, 6.45) is 1.59. The molecule has 0 radical (unpaired) electrons. The van der Waals surface area contributed by atoms with Gasteiger partial charge in [0.25, 0.3) is 0 Å². The molecule has 0 spiro atoms. The first kappa shape index (κ1) is 17.3. The molecule has 25 heavy (non-hydrogen) atoms. The van der Waals surface area contributed by atoms with Crippen LogP contribution in [0.1, 0.15) is 25.3 Å². The summed E-state index contributed by atoms with van der Waals surface area (Å²) < 4.78 is 7.15. The van der Waals surface area contributed by atoms with Gasteiger partial charge in [-0.25, -0.2) is 0 Å². The van der Waals surface area contributed by atoms with Crippen LogP contribution in [0.2, 0.25) is 0 Å². The van der Waals surface area contributed by atoms with E-state index in [0.717, 1.165) is 5.69 Å². The van der Waals surface area contributed by atoms with Crippen LogP contribution in [0.5, 0.6) is 0 Å².